The second-order valence-corrected chi connectivity index (χ2v) is 3.54. The number of halogens is 1. The first-order valence-corrected chi connectivity index (χ1v) is 5.40. The van der Waals surface area contributed by atoms with Gasteiger partial charge in [-0.05, 0) is 25.1 Å². The lowest BCUT2D eigenvalue weighted by Crippen LogP contribution is -2.18. The summed E-state index contributed by atoms with van der Waals surface area (Å²) < 4.78 is 4.99. The minimum absolute atomic E-state index is 0.0574. The van der Waals surface area contributed by atoms with Crippen LogP contribution in [0.15, 0.2) is 18.2 Å². The molecule has 5 heteroatoms. The van der Waals surface area contributed by atoms with Crippen LogP contribution in [-0.2, 0) is 9.53 Å². The fraction of sp³-hybridized carbons (Fsp3) is 0.364. The molecule has 16 heavy (non-hydrogen) atoms. The molecule has 0 saturated carbocycles. The summed E-state index contributed by atoms with van der Waals surface area (Å²) in [7, 11) is 1.79. The van der Waals surface area contributed by atoms with Crippen molar-refractivity contribution in [2.45, 2.75) is 6.92 Å². The van der Waals surface area contributed by atoms with E-state index in [0.29, 0.717) is 17.3 Å². The minimum Gasteiger partial charge on any atom is -0.387 e. The predicted octanol–water partition coefficient (Wildman–Crippen LogP) is 2.36. The van der Waals surface area contributed by atoms with Gasteiger partial charge in [0.1, 0.15) is 6.61 Å². The Labute approximate surface area is 99.9 Å². The number of carbonyl (C=O) groups excluding carboxylic acids is 1. The predicted molar refractivity (Wildman–Crippen MR) is 66.1 cm³/mol. The Morgan fingerprint density at radius 2 is 2.25 bits per heavy atom. The van der Waals surface area contributed by atoms with Gasteiger partial charge in [0.15, 0.2) is 0 Å². The number of ether oxygens (including phenoxy) is 1. The Morgan fingerprint density at radius 3 is 2.81 bits per heavy atom. The van der Waals surface area contributed by atoms with Crippen molar-refractivity contribution in [1.29, 1.82) is 0 Å². The van der Waals surface area contributed by atoms with Crippen molar-refractivity contribution < 1.29 is 9.53 Å². The van der Waals surface area contributed by atoms with E-state index >= 15 is 0 Å². The van der Waals surface area contributed by atoms with Gasteiger partial charge in [0, 0.05) is 19.3 Å². The van der Waals surface area contributed by atoms with Crippen LogP contribution in [0, 0.1) is 0 Å². The minimum atomic E-state index is -0.185. The van der Waals surface area contributed by atoms with E-state index in [1.165, 1.54) is 0 Å². The fourth-order valence-electron chi connectivity index (χ4n) is 1.19. The average Bonchev–Trinajstić information content (AvgIpc) is 2.26. The summed E-state index contributed by atoms with van der Waals surface area (Å²) in [6.45, 7) is 2.42. The van der Waals surface area contributed by atoms with Crippen LogP contribution in [0.5, 0.6) is 0 Å². The van der Waals surface area contributed by atoms with Crippen molar-refractivity contribution >= 4 is 28.9 Å². The molecule has 0 unspecified atom stereocenters. The van der Waals surface area contributed by atoms with E-state index in [1.807, 2.05) is 6.92 Å². The lowest BCUT2D eigenvalue weighted by Gasteiger charge is -2.08. The summed E-state index contributed by atoms with van der Waals surface area (Å²) >= 11 is 5.97. The highest BCUT2D eigenvalue weighted by molar-refractivity contribution is 6.33. The van der Waals surface area contributed by atoms with E-state index in [2.05, 4.69) is 10.6 Å². The Kier molecular flexibility index (Phi) is 5.08. The topological polar surface area (TPSA) is 50.4 Å². The number of rotatable bonds is 5. The third-order valence-electron chi connectivity index (χ3n) is 1.96. The Balaban J connectivity index is 2.61. The smallest absolute Gasteiger partial charge is 0.250 e. The third-order valence-corrected chi connectivity index (χ3v) is 2.27. The SMILES string of the molecule is CCOCC(=O)Nc1ccc(NC)c(Cl)c1. The molecule has 0 saturated heterocycles. The Hall–Kier alpha value is -1.26. The second-order valence-electron chi connectivity index (χ2n) is 3.13. The molecule has 0 aromatic heterocycles. The largest absolute Gasteiger partial charge is 0.387 e. The highest BCUT2D eigenvalue weighted by Gasteiger charge is 2.04. The molecule has 2 N–H and O–H groups in total. The van der Waals surface area contributed by atoms with E-state index in [1.54, 1.807) is 25.2 Å². The number of hydrogen-bond acceptors (Lipinski definition) is 3. The summed E-state index contributed by atoms with van der Waals surface area (Å²) in [5.41, 5.74) is 1.48. The number of nitrogens with one attached hydrogen (secondary N) is 2. The molecule has 0 atom stereocenters. The van der Waals surface area contributed by atoms with Gasteiger partial charge in [-0.2, -0.15) is 0 Å². The quantitative estimate of drug-likeness (QED) is 0.834. The normalized spacial score (nSPS) is 9.94. The van der Waals surface area contributed by atoms with Crippen molar-refractivity contribution in [3.8, 4) is 0 Å². The maximum absolute atomic E-state index is 11.3. The molecule has 1 rings (SSSR count). The number of benzene rings is 1. The molecule has 1 aromatic carbocycles. The van der Waals surface area contributed by atoms with Crippen LogP contribution in [-0.4, -0.2) is 26.2 Å². The van der Waals surface area contributed by atoms with Crippen LogP contribution >= 0.6 is 11.6 Å². The van der Waals surface area contributed by atoms with Crippen molar-refractivity contribution in [3.63, 3.8) is 0 Å². The number of carbonyl (C=O) groups is 1. The van der Waals surface area contributed by atoms with Gasteiger partial charge in [0.25, 0.3) is 0 Å². The molecule has 0 fully saturated rings. The molecular formula is C11H15ClN2O2. The summed E-state index contributed by atoms with van der Waals surface area (Å²) in [5, 5.41) is 6.20. The van der Waals surface area contributed by atoms with Crippen LogP contribution in [0.25, 0.3) is 0 Å². The molecule has 88 valence electrons. The van der Waals surface area contributed by atoms with Crippen molar-refractivity contribution in [2.24, 2.45) is 0 Å². The first kappa shape index (κ1) is 12.8. The fourth-order valence-corrected chi connectivity index (χ4v) is 1.46. The van der Waals surface area contributed by atoms with E-state index < -0.39 is 0 Å². The van der Waals surface area contributed by atoms with Crippen LogP contribution in [0.3, 0.4) is 0 Å². The van der Waals surface area contributed by atoms with E-state index in [9.17, 15) is 4.79 Å². The first-order valence-electron chi connectivity index (χ1n) is 5.02. The number of hydrogen-bond donors (Lipinski definition) is 2. The van der Waals surface area contributed by atoms with E-state index in [0.717, 1.165) is 5.69 Å². The first-order chi connectivity index (χ1) is 7.67. The highest BCUT2D eigenvalue weighted by Crippen LogP contribution is 2.24. The highest BCUT2D eigenvalue weighted by atomic mass is 35.5. The van der Waals surface area contributed by atoms with Gasteiger partial charge in [-0.3, -0.25) is 4.79 Å². The van der Waals surface area contributed by atoms with Gasteiger partial charge >= 0.3 is 0 Å². The molecule has 0 spiro atoms. The van der Waals surface area contributed by atoms with Crippen molar-refractivity contribution in [3.05, 3.63) is 23.2 Å². The van der Waals surface area contributed by atoms with Crippen molar-refractivity contribution in [1.82, 2.24) is 0 Å². The Morgan fingerprint density at radius 1 is 1.50 bits per heavy atom. The second kappa shape index (κ2) is 6.35. The van der Waals surface area contributed by atoms with Crippen LogP contribution < -0.4 is 10.6 Å². The Bertz CT molecular complexity index is 369. The molecule has 0 aliphatic rings. The van der Waals surface area contributed by atoms with Gasteiger partial charge in [-0.15, -0.1) is 0 Å². The molecule has 0 heterocycles. The summed E-state index contributed by atoms with van der Waals surface area (Å²) in [4.78, 5) is 11.3. The number of anilines is 2. The van der Waals surface area contributed by atoms with E-state index in [-0.39, 0.29) is 12.5 Å². The summed E-state index contributed by atoms with van der Waals surface area (Å²) in [6.07, 6.45) is 0. The summed E-state index contributed by atoms with van der Waals surface area (Å²) in [6, 6.07) is 5.28. The zero-order valence-electron chi connectivity index (χ0n) is 9.34. The van der Waals surface area contributed by atoms with Crippen LogP contribution in [0.2, 0.25) is 5.02 Å². The molecule has 0 aliphatic carbocycles. The zero-order valence-corrected chi connectivity index (χ0v) is 10.1. The summed E-state index contributed by atoms with van der Waals surface area (Å²) in [5.74, 6) is -0.185. The lowest BCUT2D eigenvalue weighted by atomic mass is 10.3. The molecule has 0 aliphatic heterocycles. The standard InChI is InChI=1S/C11H15ClN2O2/c1-3-16-7-11(15)14-8-4-5-10(13-2)9(12)6-8/h4-6,13H,3,7H2,1-2H3,(H,14,15). The molecule has 0 radical (unpaired) electrons. The van der Waals surface area contributed by atoms with Crippen molar-refractivity contribution in [2.75, 3.05) is 30.9 Å². The van der Waals surface area contributed by atoms with Crippen LogP contribution in [0.4, 0.5) is 11.4 Å². The van der Waals surface area contributed by atoms with Gasteiger partial charge in [-0.25, -0.2) is 0 Å². The molecule has 1 amide bonds. The molecular weight excluding hydrogens is 228 g/mol. The maximum Gasteiger partial charge on any atom is 0.250 e. The molecule has 4 nitrogen and oxygen atoms in total. The molecule has 1 aromatic rings. The third kappa shape index (κ3) is 3.72. The van der Waals surface area contributed by atoms with Gasteiger partial charge < -0.3 is 15.4 Å². The van der Waals surface area contributed by atoms with E-state index in [4.69, 9.17) is 16.3 Å². The van der Waals surface area contributed by atoms with Crippen LogP contribution in [0.1, 0.15) is 6.92 Å². The average molecular weight is 243 g/mol. The van der Waals surface area contributed by atoms with Gasteiger partial charge in [-0.1, -0.05) is 11.6 Å². The zero-order chi connectivity index (χ0) is 12.0. The maximum atomic E-state index is 11.3. The monoisotopic (exact) mass is 242 g/mol. The van der Waals surface area contributed by atoms with Gasteiger partial charge in [0.2, 0.25) is 5.91 Å². The number of amides is 1. The molecule has 0 bridgehead atoms. The van der Waals surface area contributed by atoms with Gasteiger partial charge in [0.05, 0.1) is 10.7 Å². The lowest BCUT2D eigenvalue weighted by molar-refractivity contribution is -0.120.